The van der Waals surface area contributed by atoms with Crippen molar-refractivity contribution >= 4 is 11.9 Å². The molecule has 0 spiro atoms. The van der Waals surface area contributed by atoms with Crippen LogP contribution in [0.1, 0.15) is 87.9 Å². The first-order valence-electron chi connectivity index (χ1n) is 12.9. The lowest BCUT2D eigenvalue weighted by Gasteiger charge is -2.34. The van der Waals surface area contributed by atoms with Crippen LogP contribution in [-0.4, -0.2) is 18.0 Å². The van der Waals surface area contributed by atoms with Gasteiger partial charge >= 0.3 is 11.9 Å². The lowest BCUT2D eigenvalue weighted by atomic mass is 9.74. The largest absolute Gasteiger partial charge is 0.386 e. The van der Waals surface area contributed by atoms with E-state index in [4.69, 9.17) is 19.6 Å². The normalized spacial score (nSPS) is 21.9. The lowest BCUT2D eigenvalue weighted by molar-refractivity contribution is -0.281. The van der Waals surface area contributed by atoms with E-state index in [-0.39, 0.29) is 6.10 Å². The molecule has 0 aromatic heterocycles. The summed E-state index contributed by atoms with van der Waals surface area (Å²) < 4.78 is 0. The number of carbonyl (C=O) groups is 2. The average molecular weight is 493 g/mol. The van der Waals surface area contributed by atoms with E-state index < -0.39 is 11.9 Å². The first-order chi connectivity index (χ1) is 17.3. The van der Waals surface area contributed by atoms with Gasteiger partial charge in [-0.3, -0.25) is 9.78 Å². The summed E-state index contributed by atoms with van der Waals surface area (Å²) in [4.78, 5) is 46.0. The molecule has 2 aromatic rings. The van der Waals surface area contributed by atoms with Crippen LogP contribution in [0.15, 0.2) is 48.2 Å². The monoisotopic (exact) mass is 492 g/mol. The van der Waals surface area contributed by atoms with Crippen molar-refractivity contribution in [1.29, 1.82) is 0 Å². The minimum atomic E-state index is -0.462. The molecule has 6 nitrogen and oxygen atoms in total. The van der Waals surface area contributed by atoms with E-state index in [1.165, 1.54) is 0 Å². The molecular weight excluding hydrogens is 456 g/mol. The number of hydrogen-bond acceptors (Lipinski definition) is 6. The highest BCUT2D eigenvalue weighted by molar-refractivity contribution is 5.91. The summed E-state index contributed by atoms with van der Waals surface area (Å²) in [6.45, 7) is 7.77. The smallest absolute Gasteiger partial charge is 0.293 e. The molecule has 0 aliphatic heterocycles. The molecule has 2 aliphatic carbocycles. The van der Waals surface area contributed by atoms with Gasteiger partial charge in [-0.2, -0.15) is 4.89 Å². The molecule has 0 heterocycles. The van der Waals surface area contributed by atoms with Crippen molar-refractivity contribution in [3.63, 3.8) is 0 Å². The minimum Gasteiger partial charge on any atom is -0.293 e. The van der Waals surface area contributed by atoms with Crippen LogP contribution in [-0.2, 0) is 19.6 Å². The van der Waals surface area contributed by atoms with E-state index in [0.29, 0.717) is 23.0 Å². The lowest BCUT2D eigenvalue weighted by Crippen LogP contribution is -2.28. The van der Waals surface area contributed by atoms with E-state index in [9.17, 15) is 9.59 Å². The fourth-order valence-electron chi connectivity index (χ4n) is 5.23. The molecule has 2 aromatic carbocycles. The van der Waals surface area contributed by atoms with Crippen LogP contribution in [0.5, 0.6) is 0 Å². The molecule has 0 amide bonds. The third-order valence-electron chi connectivity index (χ3n) is 7.93. The standard InChI is InChI=1S/C30H36O6/c1-19-7-5-9-27(21(19)3)29(31)35-33-25-15-11-23(12-16-25)24-13-17-26(18-14-24)34-36-30(32)28-10-6-8-20(2)22(28)4/h5-10,15,23-24,26H,11-14,16-18H2,1-4H3. The highest BCUT2D eigenvalue weighted by Crippen LogP contribution is 2.39. The Morgan fingerprint density at radius 1 is 0.722 bits per heavy atom. The summed E-state index contributed by atoms with van der Waals surface area (Å²) >= 11 is 0. The Kier molecular flexibility index (Phi) is 8.47. The fraction of sp³-hybridized carbons (Fsp3) is 0.467. The van der Waals surface area contributed by atoms with Crippen molar-refractivity contribution in [2.45, 2.75) is 78.7 Å². The van der Waals surface area contributed by atoms with Gasteiger partial charge in [-0.15, -0.1) is 0 Å². The molecule has 0 bridgehead atoms. The van der Waals surface area contributed by atoms with Crippen molar-refractivity contribution in [1.82, 2.24) is 0 Å². The van der Waals surface area contributed by atoms with Crippen molar-refractivity contribution in [2.24, 2.45) is 11.8 Å². The molecule has 0 N–H and O–H groups in total. The molecule has 0 saturated heterocycles. The van der Waals surface area contributed by atoms with Crippen LogP contribution in [0.25, 0.3) is 0 Å². The Bertz CT molecular complexity index is 1130. The Labute approximate surface area is 213 Å². The number of hydrogen-bond donors (Lipinski definition) is 0. The zero-order valence-corrected chi connectivity index (χ0v) is 21.7. The zero-order valence-electron chi connectivity index (χ0n) is 21.7. The highest BCUT2D eigenvalue weighted by Gasteiger charge is 2.31. The predicted octanol–water partition coefficient (Wildman–Crippen LogP) is 7.04. The zero-order chi connectivity index (χ0) is 25.7. The maximum absolute atomic E-state index is 12.4. The van der Waals surface area contributed by atoms with Crippen LogP contribution >= 0.6 is 0 Å². The Balaban J connectivity index is 1.18. The molecule has 0 radical (unpaired) electrons. The quantitative estimate of drug-likeness (QED) is 0.305. The summed E-state index contributed by atoms with van der Waals surface area (Å²) in [5.74, 6) is 1.01. The van der Waals surface area contributed by atoms with Gasteiger partial charge in [0.2, 0.25) is 0 Å². The Hall–Kier alpha value is -3.12. The van der Waals surface area contributed by atoms with Gasteiger partial charge in [0.05, 0.1) is 11.1 Å². The molecule has 1 unspecified atom stereocenters. The summed E-state index contributed by atoms with van der Waals surface area (Å²) in [5, 5.41) is 0. The molecule has 4 rings (SSSR count). The second kappa shape index (κ2) is 11.7. The summed E-state index contributed by atoms with van der Waals surface area (Å²) in [7, 11) is 0. The second-order valence-corrected chi connectivity index (χ2v) is 10.2. The molecule has 36 heavy (non-hydrogen) atoms. The van der Waals surface area contributed by atoms with Gasteiger partial charge in [0.25, 0.3) is 0 Å². The van der Waals surface area contributed by atoms with Gasteiger partial charge in [-0.25, -0.2) is 14.5 Å². The third kappa shape index (κ3) is 6.16. The number of benzene rings is 2. The van der Waals surface area contributed by atoms with E-state index in [0.717, 1.165) is 73.0 Å². The van der Waals surface area contributed by atoms with Crippen molar-refractivity contribution in [2.75, 3.05) is 0 Å². The first-order valence-corrected chi connectivity index (χ1v) is 12.9. The molecule has 1 saturated carbocycles. The van der Waals surface area contributed by atoms with E-state index >= 15 is 0 Å². The van der Waals surface area contributed by atoms with Crippen molar-refractivity contribution in [3.05, 3.63) is 81.6 Å². The summed E-state index contributed by atoms with van der Waals surface area (Å²) in [6, 6.07) is 11.2. The molecule has 6 heteroatoms. The average Bonchev–Trinajstić information content (AvgIpc) is 2.89. The fourth-order valence-corrected chi connectivity index (χ4v) is 5.23. The molecule has 192 valence electrons. The Morgan fingerprint density at radius 3 is 1.86 bits per heavy atom. The van der Waals surface area contributed by atoms with Crippen molar-refractivity contribution in [3.8, 4) is 0 Å². The summed E-state index contributed by atoms with van der Waals surface area (Å²) in [6.07, 6.45) is 8.51. The van der Waals surface area contributed by atoms with Gasteiger partial charge in [0, 0.05) is 6.42 Å². The van der Waals surface area contributed by atoms with Crippen molar-refractivity contribution < 1.29 is 29.1 Å². The number of carbonyl (C=O) groups excluding carboxylic acids is 2. The Morgan fingerprint density at radius 2 is 1.31 bits per heavy atom. The van der Waals surface area contributed by atoms with Gasteiger partial charge in [0.15, 0.2) is 5.76 Å². The van der Waals surface area contributed by atoms with Crippen LogP contribution in [0.3, 0.4) is 0 Å². The summed E-state index contributed by atoms with van der Waals surface area (Å²) in [5.41, 5.74) is 5.01. The van der Waals surface area contributed by atoms with E-state index in [1.54, 1.807) is 12.1 Å². The van der Waals surface area contributed by atoms with Crippen LogP contribution < -0.4 is 0 Å². The first kappa shape index (κ1) is 26.0. The third-order valence-corrected chi connectivity index (χ3v) is 7.93. The maximum Gasteiger partial charge on any atom is 0.386 e. The topological polar surface area (TPSA) is 71.1 Å². The number of allylic oxidation sites excluding steroid dienone is 2. The molecule has 2 aliphatic rings. The van der Waals surface area contributed by atoms with Gasteiger partial charge in [-0.1, -0.05) is 24.3 Å². The van der Waals surface area contributed by atoms with Crippen LogP contribution in [0.4, 0.5) is 0 Å². The predicted molar refractivity (Wildman–Crippen MR) is 136 cm³/mol. The SMILES string of the molecule is Cc1cccc(C(=O)OOC2=CCC(C3CCC(OOC(=O)c4cccc(C)c4C)CC3)CC2)c1C. The maximum atomic E-state index is 12.4. The number of aryl methyl sites for hydroxylation is 2. The highest BCUT2D eigenvalue weighted by atomic mass is 17.2. The molecule has 1 fully saturated rings. The van der Waals surface area contributed by atoms with E-state index in [2.05, 4.69) is 6.08 Å². The second-order valence-electron chi connectivity index (χ2n) is 10.2. The van der Waals surface area contributed by atoms with Gasteiger partial charge in [-0.05, 0) is 119 Å². The van der Waals surface area contributed by atoms with Crippen LogP contribution in [0.2, 0.25) is 0 Å². The molecular formula is C30H36O6. The van der Waals surface area contributed by atoms with E-state index in [1.807, 2.05) is 52.0 Å². The minimum absolute atomic E-state index is 0.0576. The van der Waals surface area contributed by atoms with Gasteiger partial charge < -0.3 is 0 Å². The van der Waals surface area contributed by atoms with Crippen LogP contribution in [0, 0.1) is 39.5 Å². The molecule has 1 atom stereocenters. The number of rotatable bonds is 7. The van der Waals surface area contributed by atoms with Gasteiger partial charge in [0.1, 0.15) is 6.10 Å².